The molecule has 2 aromatic carbocycles. The Morgan fingerprint density at radius 3 is 2.56 bits per heavy atom. The zero-order chi connectivity index (χ0) is 19.8. The molecule has 0 aliphatic rings. The van der Waals surface area contributed by atoms with E-state index in [0.717, 1.165) is 16.6 Å². The van der Waals surface area contributed by atoms with Crippen LogP contribution in [0.1, 0.15) is 16.8 Å². The summed E-state index contributed by atoms with van der Waals surface area (Å²) < 4.78 is 39.0. The highest BCUT2D eigenvalue weighted by molar-refractivity contribution is 7.92. The minimum atomic E-state index is -3.75. The van der Waals surface area contributed by atoms with Crippen LogP contribution in [0.5, 0.6) is 5.75 Å². The van der Waals surface area contributed by atoms with Crippen LogP contribution in [0.15, 0.2) is 39.8 Å². The number of rotatable bonds is 6. The van der Waals surface area contributed by atoms with Crippen molar-refractivity contribution in [2.75, 3.05) is 25.9 Å². The van der Waals surface area contributed by atoms with E-state index in [1.54, 1.807) is 44.4 Å². The van der Waals surface area contributed by atoms with Gasteiger partial charge < -0.3 is 14.2 Å². The van der Waals surface area contributed by atoms with E-state index in [-0.39, 0.29) is 4.90 Å². The lowest BCUT2D eigenvalue weighted by atomic mass is 10.1. The fourth-order valence-electron chi connectivity index (χ4n) is 2.95. The smallest absolute Gasteiger partial charge is 0.262 e. The average molecular weight is 389 g/mol. The normalized spacial score (nSPS) is 11.9. The van der Waals surface area contributed by atoms with Crippen molar-refractivity contribution in [2.24, 2.45) is 0 Å². The summed E-state index contributed by atoms with van der Waals surface area (Å²) in [6.07, 6.45) is 0. The molecule has 8 heteroatoms. The van der Waals surface area contributed by atoms with Crippen molar-refractivity contribution < 1.29 is 17.7 Å². The van der Waals surface area contributed by atoms with Gasteiger partial charge in [-0.25, -0.2) is 8.42 Å². The number of sulfonamides is 1. The number of hydrogen-bond donors (Lipinski definition) is 1. The molecule has 0 radical (unpaired) electrons. The molecular formula is C19H23N3O4S. The molecular weight excluding hydrogens is 366 g/mol. The van der Waals surface area contributed by atoms with E-state index in [2.05, 4.69) is 9.88 Å². The lowest BCUT2D eigenvalue weighted by Crippen LogP contribution is -2.15. The van der Waals surface area contributed by atoms with E-state index in [9.17, 15) is 8.42 Å². The number of aryl methyl sites for hydroxylation is 2. The highest BCUT2D eigenvalue weighted by Crippen LogP contribution is 2.29. The van der Waals surface area contributed by atoms with E-state index in [1.807, 2.05) is 25.9 Å². The second-order valence-corrected chi connectivity index (χ2v) is 8.42. The largest absolute Gasteiger partial charge is 0.496 e. The van der Waals surface area contributed by atoms with Crippen LogP contribution in [0, 0.1) is 13.8 Å². The maximum atomic E-state index is 12.9. The summed E-state index contributed by atoms with van der Waals surface area (Å²) in [7, 11) is 1.68. The molecule has 0 amide bonds. The van der Waals surface area contributed by atoms with Crippen LogP contribution >= 0.6 is 0 Å². The van der Waals surface area contributed by atoms with Gasteiger partial charge >= 0.3 is 0 Å². The Morgan fingerprint density at radius 1 is 1.15 bits per heavy atom. The summed E-state index contributed by atoms with van der Waals surface area (Å²) in [6, 6.07) is 8.46. The number of hydrogen-bond acceptors (Lipinski definition) is 6. The molecule has 0 saturated carbocycles. The van der Waals surface area contributed by atoms with Gasteiger partial charge in [-0.3, -0.25) is 4.72 Å². The van der Waals surface area contributed by atoms with E-state index >= 15 is 0 Å². The van der Waals surface area contributed by atoms with Gasteiger partial charge in [0, 0.05) is 17.6 Å². The van der Waals surface area contributed by atoms with Gasteiger partial charge in [0.25, 0.3) is 10.0 Å². The molecule has 0 aliphatic heterocycles. The van der Waals surface area contributed by atoms with Crippen LogP contribution in [0.25, 0.3) is 11.0 Å². The SMILES string of the molecule is COc1cc(C)c(S(=O)(=O)Nc2ccc3onc(CN(C)C)c3c2)cc1C. The van der Waals surface area contributed by atoms with Crippen molar-refractivity contribution in [3.05, 3.63) is 47.2 Å². The molecule has 0 aliphatic carbocycles. The lowest BCUT2D eigenvalue weighted by Gasteiger charge is -2.13. The van der Waals surface area contributed by atoms with Crippen LogP contribution in [-0.4, -0.2) is 39.7 Å². The first-order chi connectivity index (χ1) is 12.7. The van der Waals surface area contributed by atoms with Crippen LogP contribution in [0.2, 0.25) is 0 Å². The monoisotopic (exact) mass is 389 g/mol. The fraction of sp³-hybridized carbons (Fsp3) is 0.316. The third-order valence-corrected chi connectivity index (χ3v) is 5.77. The number of ether oxygens (including phenoxy) is 1. The second kappa shape index (κ2) is 7.21. The van der Waals surface area contributed by atoms with Gasteiger partial charge in [-0.2, -0.15) is 0 Å². The molecule has 0 fully saturated rings. The van der Waals surface area contributed by atoms with Crippen LogP contribution in [-0.2, 0) is 16.6 Å². The fourth-order valence-corrected chi connectivity index (χ4v) is 4.31. The highest BCUT2D eigenvalue weighted by atomic mass is 32.2. The van der Waals surface area contributed by atoms with Gasteiger partial charge in [-0.05, 0) is 69.4 Å². The number of nitrogens with one attached hydrogen (secondary N) is 1. The number of benzene rings is 2. The van der Waals surface area contributed by atoms with Gasteiger partial charge in [0.05, 0.1) is 12.0 Å². The summed E-state index contributed by atoms with van der Waals surface area (Å²) in [4.78, 5) is 2.19. The first-order valence-corrected chi connectivity index (χ1v) is 9.90. The Balaban J connectivity index is 1.97. The Labute approximate surface area is 159 Å². The molecule has 0 unspecified atom stereocenters. The van der Waals surface area contributed by atoms with Crippen molar-refractivity contribution >= 4 is 26.7 Å². The molecule has 0 bridgehead atoms. The summed E-state index contributed by atoms with van der Waals surface area (Å²) >= 11 is 0. The molecule has 0 atom stereocenters. The number of anilines is 1. The molecule has 0 spiro atoms. The van der Waals surface area contributed by atoms with Crippen molar-refractivity contribution in [1.82, 2.24) is 10.1 Å². The average Bonchev–Trinajstić information content (AvgIpc) is 2.97. The van der Waals surface area contributed by atoms with Crippen LogP contribution in [0.4, 0.5) is 5.69 Å². The minimum Gasteiger partial charge on any atom is -0.496 e. The molecule has 1 aromatic heterocycles. The van der Waals surface area contributed by atoms with Crippen LogP contribution in [0.3, 0.4) is 0 Å². The predicted octanol–water partition coefficient (Wildman–Crippen LogP) is 3.32. The van der Waals surface area contributed by atoms with Crippen molar-refractivity contribution in [3.63, 3.8) is 0 Å². The summed E-state index contributed by atoms with van der Waals surface area (Å²) in [5.41, 5.74) is 3.20. The summed E-state index contributed by atoms with van der Waals surface area (Å²) in [6.45, 7) is 4.16. The zero-order valence-electron chi connectivity index (χ0n) is 16.0. The zero-order valence-corrected chi connectivity index (χ0v) is 16.8. The first kappa shape index (κ1) is 19.2. The molecule has 27 heavy (non-hydrogen) atoms. The number of nitrogens with zero attached hydrogens (tertiary/aromatic N) is 2. The van der Waals surface area contributed by atoms with E-state index in [4.69, 9.17) is 9.26 Å². The topological polar surface area (TPSA) is 84.7 Å². The molecule has 0 saturated heterocycles. The number of aromatic nitrogens is 1. The Hall–Kier alpha value is -2.58. The standard InChI is InChI=1S/C19H23N3O4S/c1-12-9-19(13(2)8-18(12)25-5)27(23,24)21-14-6-7-17-15(10-14)16(20-26-17)11-22(3)4/h6-10,21H,11H2,1-5H3. The second-order valence-electron chi connectivity index (χ2n) is 6.77. The van der Waals surface area contributed by atoms with Crippen LogP contribution < -0.4 is 9.46 Å². The summed E-state index contributed by atoms with van der Waals surface area (Å²) in [5, 5.41) is 4.85. The van der Waals surface area contributed by atoms with Gasteiger partial charge in [0.2, 0.25) is 0 Å². The third kappa shape index (κ3) is 3.91. The number of methoxy groups -OCH3 is 1. The summed E-state index contributed by atoms with van der Waals surface area (Å²) in [5.74, 6) is 0.658. The molecule has 3 rings (SSSR count). The van der Waals surface area contributed by atoms with Crippen molar-refractivity contribution in [1.29, 1.82) is 0 Å². The Kier molecular flexibility index (Phi) is 5.12. The van der Waals surface area contributed by atoms with Gasteiger partial charge in [0.15, 0.2) is 5.58 Å². The maximum absolute atomic E-state index is 12.9. The lowest BCUT2D eigenvalue weighted by molar-refractivity contribution is 0.373. The molecule has 1 N–H and O–H groups in total. The molecule has 1 heterocycles. The predicted molar refractivity (Wildman–Crippen MR) is 105 cm³/mol. The van der Waals surface area contributed by atoms with Gasteiger partial charge in [-0.1, -0.05) is 5.16 Å². The molecule has 144 valence electrons. The third-order valence-electron chi connectivity index (χ3n) is 4.24. The molecule has 7 nitrogen and oxygen atoms in total. The van der Waals surface area contributed by atoms with E-state index in [0.29, 0.717) is 29.1 Å². The van der Waals surface area contributed by atoms with Crippen molar-refractivity contribution in [2.45, 2.75) is 25.3 Å². The Morgan fingerprint density at radius 2 is 1.89 bits per heavy atom. The van der Waals surface area contributed by atoms with Crippen molar-refractivity contribution in [3.8, 4) is 5.75 Å². The maximum Gasteiger partial charge on any atom is 0.262 e. The Bertz CT molecular complexity index is 1090. The first-order valence-electron chi connectivity index (χ1n) is 8.42. The minimum absolute atomic E-state index is 0.222. The van der Waals surface area contributed by atoms with Gasteiger partial charge in [-0.15, -0.1) is 0 Å². The highest BCUT2D eigenvalue weighted by Gasteiger charge is 2.20. The quantitative estimate of drug-likeness (QED) is 0.696. The van der Waals surface area contributed by atoms with E-state index < -0.39 is 10.0 Å². The van der Waals surface area contributed by atoms with Gasteiger partial charge in [0.1, 0.15) is 11.4 Å². The molecule has 3 aromatic rings. The number of fused-ring (bicyclic) bond motifs is 1. The van der Waals surface area contributed by atoms with E-state index in [1.165, 1.54) is 0 Å².